The van der Waals surface area contributed by atoms with Crippen LogP contribution in [-0.4, -0.2) is 200 Å². The highest BCUT2D eigenvalue weighted by molar-refractivity contribution is 7.91. The van der Waals surface area contributed by atoms with Gasteiger partial charge in [0.1, 0.15) is 52.9 Å². The number of hydrogen-bond donors (Lipinski definition) is 3. The molecule has 6 fully saturated rings. The first-order chi connectivity index (χ1) is 53.6. The summed E-state index contributed by atoms with van der Waals surface area (Å²) < 4.78 is 125. The Morgan fingerprint density at radius 2 is 0.812 bits per heavy atom. The van der Waals surface area contributed by atoms with Crippen molar-refractivity contribution in [2.24, 2.45) is 16.7 Å². The van der Waals surface area contributed by atoms with Crippen molar-refractivity contribution < 1.29 is 82.1 Å². The van der Waals surface area contributed by atoms with Gasteiger partial charge in [-0.2, -0.15) is 4.31 Å². The van der Waals surface area contributed by atoms with E-state index in [2.05, 4.69) is 54.1 Å². The number of hydrogen-bond acceptors (Lipinski definition) is 14. The second-order valence-corrected chi connectivity index (χ2v) is 35.1. The second kappa shape index (κ2) is 39.8. The van der Waals surface area contributed by atoms with Gasteiger partial charge in [0.15, 0.2) is 9.84 Å². The Balaban J connectivity index is 0.000000179. The second-order valence-electron chi connectivity index (χ2n) is 30.9. The van der Waals surface area contributed by atoms with Crippen LogP contribution in [0.15, 0.2) is 146 Å². The number of nitrogens with one attached hydrogen (secondary N) is 3. The number of ether oxygens (including phenoxy) is 4. The lowest BCUT2D eigenvalue weighted by molar-refractivity contribution is -0.137. The van der Waals surface area contributed by atoms with Crippen molar-refractivity contribution in [3.63, 3.8) is 0 Å². The minimum atomic E-state index is -3.65. The normalized spacial score (nSPS) is 21.6. The number of methoxy groups -OCH3 is 2. The molecule has 27 heteroatoms. The zero-order valence-corrected chi connectivity index (χ0v) is 66.4. The molecule has 3 saturated carbocycles. The highest BCUT2D eigenvalue weighted by Gasteiger charge is 2.51. The number of rotatable bonds is 33. The third-order valence-electron chi connectivity index (χ3n) is 22.7. The van der Waals surface area contributed by atoms with Gasteiger partial charge < -0.3 is 49.6 Å². The molecule has 0 aromatic heterocycles. The number of halogens is 4. The van der Waals surface area contributed by atoms with E-state index in [0.717, 1.165) is 101 Å². The Labute approximate surface area is 656 Å². The Morgan fingerprint density at radius 1 is 0.455 bits per heavy atom. The molecule has 9 atom stereocenters. The average Bonchev–Trinajstić information content (AvgIpc) is 1.60. The molecule has 3 aliphatic carbocycles. The van der Waals surface area contributed by atoms with Gasteiger partial charge in [-0.1, -0.05) is 88.8 Å². The predicted molar refractivity (Wildman–Crippen MR) is 419 cm³/mol. The number of sulfonamides is 1. The number of sulfone groups is 1. The summed E-state index contributed by atoms with van der Waals surface area (Å²) in [5.74, 6) is -0.483. The summed E-state index contributed by atoms with van der Waals surface area (Å²) >= 11 is 0. The molecule has 606 valence electrons. The van der Waals surface area contributed by atoms with Crippen LogP contribution in [0.2, 0.25) is 0 Å². The number of benzene rings is 6. The van der Waals surface area contributed by atoms with Gasteiger partial charge in [-0.25, -0.2) is 34.4 Å². The molecule has 112 heavy (non-hydrogen) atoms. The van der Waals surface area contributed by atoms with Crippen molar-refractivity contribution in [2.75, 3.05) is 111 Å². The maximum atomic E-state index is 13.4. The quantitative estimate of drug-likeness (QED) is 0.0256. The van der Waals surface area contributed by atoms with E-state index in [4.69, 9.17) is 18.9 Å². The maximum Gasteiger partial charge on any atom is 0.251 e. The van der Waals surface area contributed by atoms with Crippen molar-refractivity contribution >= 4 is 55.3 Å². The summed E-state index contributed by atoms with van der Waals surface area (Å²) in [5.41, 5.74) is 4.82. The topological polar surface area (TPSA) is 257 Å². The van der Waals surface area contributed by atoms with Gasteiger partial charge in [-0.15, -0.1) is 0 Å². The Hall–Kier alpha value is -8.76. The van der Waals surface area contributed by atoms with Crippen molar-refractivity contribution in [1.82, 2.24) is 35.0 Å². The third-order valence-corrected chi connectivity index (χ3v) is 25.7. The van der Waals surface area contributed by atoms with Crippen LogP contribution >= 0.6 is 0 Å². The third kappa shape index (κ3) is 25.1. The van der Waals surface area contributed by atoms with E-state index >= 15 is 0 Å². The van der Waals surface area contributed by atoms with Gasteiger partial charge in [0, 0.05) is 69.0 Å². The zero-order chi connectivity index (χ0) is 80.2. The molecule has 0 spiro atoms. The van der Waals surface area contributed by atoms with Gasteiger partial charge in [0.2, 0.25) is 27.7 Å². The zero-order valence-electron chi connectivity index (χ0n) is 64.7. The summed E-state index contributed by atoms with van der Waals surface area (Å²) in [4.78, 5) is 82.9. The standard InChI is InChI=1S/C29H38FN3O5S.C28H34F2N2O3.C28H35FN2O6S/c1-38-25-14-10-21(11-15-25)26-20-23(26)6-4-3-5-7-27(31-28(34)22-8-12-24(30)13-9-22)29(35)32-16-18-33(19-17-32)39(2,36)37;1-28(19-24(28)20-6-10-22(29)11-7-20)14-4-2-3-5-25(27(34)32-15-17-35-18-16-32)31-26(33)21-8-12-23(30)13-9-21;1-28(18-24(28)20-6-10-23(36-2)11-7-20)12-3-17-38(34,35)19-25(27(33)31-13-15-37-16-14-31)30-26(32)21-4-8-22(29)9-5-21/h8-15,23,26-27H,3-7,16-20H2,1-2H3,(H,31,34);6-13,24-25H,2-5,14-19H2,1H3,(H,31,33);4-11,24-25H,3,12-19H2,1-2H3,(H,30,32)/t23?,26-,27-;2*24-,25-,28?/m000/s1. The van der Waals surface area contributed by atoms with Gasteiger partial charge in [-0.05, 0) is 218 Å². The molecule has 12 rings (SSSR count). The molecule has 3 heterocycles. The Kier molecular flexibility index (Phi) is 30.4. The smallest absolute Gasteiger partial charge is 0.251 e. The molecule has 3 aliphatic heterocycles. The minimum absolute atomic E-state index is 0.0317. The lowest BCUT2D eigenvalue weighted by Gasteiger charge is -2.35. The molecule has 6 aromatic carbocycles. The van der Waals surface area contributed by atoms with Crippen LogP contribution in [0.25, 0.3) is 0 Å². The van der Waals surface area contributed by atoms with Crippen LogP contribution < -0.4 is 25.4 Å². The fourth-order valence-electron chi connectivity index (χ4n) is 15.5. The molecule has 0 bridgehead atoms. The fourth-order valence-corrected chi connectivity index (χ4v) is 17.8. The van der Waals surface area contributed by atoms with E-state index in [-0.39, 0.29) is 77.4 Å². The molecule has 6 aliphatic rings. The number of carbonyl (C=O) groups excluding carboxylic acids is 6. The SMILES string of the molecule is CC1(CCCCC[C@H](NC(=O)c2ccc(F)cc2)C(=O)N2CCOCC2)C[C@H]1c1ccc(F)cc1.COc1ccc([C@@H]2CC2(C)CCCS(=O)(=O)C[C@H](NC(=O)c2ccc(F)cc2)C(=O)N2CCOCC2)cc1.COc1ccc([C@@H]2CC2CCCCC[C@H](NC(=O)c2ccc(F)cc2)C(=O)N2CCN(S(C)(=O)=O)CC2)cc1. The summed E-state index contributed by atoms with van der Waals surface area (Å²) in [5, 5.41) is 8.30. The van der Waals surface area contributed by atoms with Crippen LogP contribution in [0.1, 0.15) is 176 Å². The van der Waals surface area contributed by atoms with Crippen LogP contribution in [0.3, 0.4) is 0 Å². The lowest BCUT2D eigenvalue weighted by atomic mass is 9.94. The molecule has 6 amide bonds. The maximum absolute atomic E-state index is 13.4. The van der Waals surface area contributed by atoms with Crippen LogP contribution in [0.4, 0.5) is 17.6 Å². The van der Waals surface area contributed by atoms with Gasteiger partial charge in [0.25, 0.3) is 17.7 Å². The molecular weight excluding hydrogens is 1480 g/mol. The molecule has 0 radical (unpaired) electrons. The first-order valence-corrected chi connectivity index (χ1v) is 42.7. The van der Waals surface area contributed by atoms with Crippen LogP contribution in [0, 0.1) is 40.0 Å². The number of morpholine rings is 2. The predicted octanol–water partition coefficient (Wildman–Crippen LogP) is 12.0. The van der Waals surface area contributed by atoms with E-state index in [1.807, 2.05) is 36.4 Å². The summed E-state index contributed by atoms with van der Waals surface area (Å²) in [6.07, 6.45) is 14.5. The highest BCUT2D eigenvalue weighted by Crippen LogP contribution is 2.63. The molecule has 3 unspecified atom stereocenters. The number of amides is 6. The molecular formula is C85H107F4N7O14S2. The average molecular weight is 1590 g/mol. The number of unbranched alkanes of at least 4 members (excludes halogenated alkanes) is 4. The van der Waals surface area contributed by atoms with Gasteiger partial charge in [0.05, 0.1) is 58.4 Å². The molecule has 3 N–H and O–H groups in total. The monoisotopic (exact) mass is 1590 g/mol. The van der Waals surface area contributed by atoms with Crippen molar-refractivity contribution in [1.29, 1.82) is 0 Å². The summed E-state index contributed by atoms with van der Waals surface area (Å²) in [6, 6.07) is 35.9. The van der Waals surface area contributed by atoms with E-state index in [1.54, 1.807) is 24.0 Å². The lowest BCUT2D eigenvalue weighted by Crippen LogP contribution is -2.55. The van der Waals surface area contributed by atoms with E-state index in [9.17, 15) is 63.2 Å². The first-order valence-electron chi connectivity index (χ1n) is 39.0. The molecule has 6 aromatic rings. The minimum Gasteiger partial charge on any atom is -0.497 e. The van der Waals surface area contributed by atoms with Crippen molar-refractivity contribution in [3.8, 4) is 11.5 Å². The van der Waals surface area contributed by atoms with Crippen molar-refractivity contribution in [3.05, 3.63) is 202 Å². The van der Waals surface area contributed by atoms with Gasteiger partial charge in [-0.3, -0.25) is 28.8 Å². The van der Waals surface area contributed by atoms with Gasteiger partial charge >= 0.3 is 0 Å². The molecule has 3 saturated heterocycles. The van der Waals surface area contributed by atoms with E-state index in [0.29, 0.717) is 101 Å². The Morgan fingerprint density at radius 3 is 1.22 bits per heavy atom. The largest absolute Gasteiger partial charge is 0.497 e. The summed E-state index contributed by atoms with van der Waals surface area (Å²) in [6.45, 7) is 8.88. The van der Waals surface area contributed by atoms with E-state index < -0.39 is 78.9 Å². The van der Waals surface area contributed by atoms with E-state index in [1.165, 1.54) is 105 Å². The highest BCUT2D eigenvalue weighted by atomic mass is 32.2. The van der Waals surface area contributed by atoms with Crippen LogP contribution in [-0.2, 0) is 43.7 Å². The Bertz CT molecular complexity index is 4340. The first kappa shape index (κ1) is 85.7. The number of nitrogens with zero attached hydrogens (tertiary/aromatic N) is 4. The fraction of sp³-hybridized carbons (Fsp3) is 0.506. The van der Waals surface area contributed by atoms with Crippen molar-refractivity contribution in [2.45, 2.75) is 146 Å². The summed E-state index contributed by atoms with van der Waals surface area (Å²) in [7, 11) is -3.67. The number of piperazine rings is 1. The van der Waals surface area contributed by atoms with Crippen LogP contribution in [0.5, 0.6) is 11.5 Å². The molecule has 21 nitrogen and oxygen atoms in total. The number of carbonyl (C=O) groups is 6.